The number of para-hydroxylation sites is 1. The monoisotopic (exact) mass is 395 g/mol. The summed E-state index contributed by atoms with van der Waals surface area (Å²) >= 11 is 1.12. The summed E-state index contributed by atoms with van der Waals surface area (Å²) < 4.78 is 6.64. The second-order valence-corrected chi connectivity index (χ2v) is 6.92. The van der Waals surface area contributed by atoms with Crippen molar-refractivity contribution >= 4 is 23.4 Å². The molecular formula is C21H21N3O3S. The maximum Gasteiger partial charge on any atom is 0.287 e. The molecule has 0 aliphatic heterocycles. The Kier molecular flexibility index (Phi) is 6.49. The Hall–Kier alpha value is -3.06. The van der Waals surface area contributed by atoms with Crippen LogP contribution >= 0.6 is 11.8 Å². The summed E-state index contributed by atoms with van der Waals surface area (Å²) in [7, 11) is 1.59. The lowest BCUT2D eigenvalue weighted by molar-refractivity contribution is -0.113. The van der Waals surface area contributed by atoms with E-state index in [9.17, 15) is 9.59 Å². The maximum absolute atomic E-state index is 12.7. The third-order valence-corrected chi connectivity index (χ3v) is 5.13. The first-order chi connectivity index (χ1) is 13.6. The zero-order valence-electron chi connectivity index (χ0n) is 15.7. The molecule has 0 saturated carbocycles. The van der Waals surface area contributed by atoms with E-state index in [0.717, 1.165) is 29.4 Å². The Morgan fingerprint density at radius 1 is 1.18 bits per heavy atom. The highest BCUT2D eigenvalue weighted by molar-refractivity contribution is 7.99. The van der Waals surface area contributed by atoms with Gasteiger partial charge < -0.3 is 10.1 Å². The van der Waals surface area contributed by atoms with Gasteiger partial charge in [-0.05, 0) is 42.3 Å². The van der Waals surface area contributed by atoms with Gasteiger partial charge in [-0.1, -0.05) is 36.9 Å². The van der Waals surface area contributed by atoms with Gasteiger partial charge in [0, 0.05) is 23.8 Å². The Morgan fingerprint density at radius 2 is 1.93 bits per heavy atom. The Balaban J connectivity index is 1.71. The van der Waals surface area contributed by atoms with Gasteiger partial charge in [0.2, 0.25) is 5.91 Å². The molecule has 0 aliphatic carbocycles. The minimum Gasteiger partial charge on any atom is -0.497 e. The van der Waals surface area contributed by atoms with Gasteiger partial charge in [-0.15, -0.1) is 0 Å². The van der Waals surface area contributed by atoms with Crippen LogP contribution in [0.15, 0.2) is 70.7 Å². The van der Waals surface area contributed by atoms with Gasteiger partial charge in [0.1, 0.15) is 5.75 Å². The molecule has 0 fully saturated rings. The van der Waals surface area contributed by atoms with E-state index < -0.39 is 0 Å². The number of aromatic nitrogens is 2. The highest BCUT2D eigenvalue weighted by Gasteiger charge is 2.11. The fraction of sp³-hybridized carbons (Fsp3) is 0.190. The molecule has 1 amide bonds. The van der Waals surface area contributed by atoms with E-state index in [0.29, 0.717) is 11.4 Å². The van der Waals surface area contributed by atoms with Crippen LogP contribution in [0.25, 0.3) is 5.69 Å². The number of carbonyl (C=O) groups is 1. The van der Waals surface area contributed by atoms with Gasteiger partial charge in [-0.2, -0.15) is 0 Å². The second kappa shape index (κ2) is 9.23. The van der Waals surface area contributed by atoms with Crippen molar-refractivity contribution in [2.24, 2.45) is 0 Å². The first-order valence-corrected chi connectivity index (χ1v) is 9.83. The van der Waals surface area contributed by atoms with Gasteiger partial charge in [0.25, 0.3) is 5.56 Å². The van der Waals surface area contributed by atoms with Gasteiger partial charge in [0.05, 0.1) is 12.9 Å². The van der Waals surface area contributed by atoms with Crippen LogP contribution in [0.2, 0.25) is 0 Å². The molecule has 1 heterocycles. The molecule has 0 spiro atoms. The number of nitrogens with zero attached hydrogens (tertiary/aromatic N) is 2. The fourth-order valence-corrected chi connectivity index (χ4v) is 3.41. The second-order valence-electron chi connectivity index (χ2n) is 5.95. The average molecular weight is 395 g/mol. The molecule has 0 atom stereocenters. The molecule has 0 unspecified atom stereocenters. The van der Waals surface area contributed by atoms with E-state index in [1.807, 2.05) is 31.2 Å². The van der Waals surface area contributed by atoms with Crippen molar-refractivity contribution in [1.82, 2.24) is 9.55 Å². The van der Waals surface area contributed by atoms with E-state index >= 15 is 0 Å². The van der Waals surface area contributed by atoms with Crippen molar-refractivity contribution in [3.8, 4) is 11.4 Å². The lowest BCUT2D eigenvalue weighted by Gasteiger charge is -2.10. The van der Waals surface area contributed by atoms with E-state index in [-0.39, 0.29) is 22.2 Å². The molecule has 0 saturated heterocycles. The SMILES string of the molecule is CCc1ccccc1NC(=O)CSc1nccn(-c2ccc(OC)cc2)c1=O. The van der Waals surface area contributed by atoms with Crippen molar-refractivity contribution in [3.63, 3.8) is 0 Å². The maximum atomic E-state index is 12.7. The lowest BCUT2D eigenvalue weighted by atomic mass is 10.1. The molecule has 144 valence electrons. The third kappa shape index (κ3) is 4.61. The highest BCUT2D eigenvalue weighted by atomic mass is 32.2. The number of carbonyl (C=O) groups excluding carboxylic acids is 1. The van der Waals surface area contributed by atoms with Crippen molar-refractivity contribution in [2.75, 3.05) is 18.2 Å². The highest BCUT2D eigenvalue weighted by Crippen LogP contribution is 2.18. The van der Waals surface area contributed by atoms with Crippen LogP contribution in [0.1, 0.15) is 12.5 Å². The zero-order chi connectivity index (χ0) is 19.9. The quantitative estimate of drug-likeness (QED) is 0.620. The van der Waals surface area contributed by atoms with E-state index in [1.165, 1.54) is 4.57 Å². The van der Waals surface area contributed by atoms with Crippen molar-refractivity contribution in [3.05, 3.63) is 76.8 Å². The summed E-state index contributed by atoms with van der Waals surface area (Å²) in [6, 6.07) is 14.8. The Bertz CT molecular complexity index is 1020. The number of methoxy groups -OCH3 is 1. The minimum atomic E-state index is -0.264. The Labute approximate surface area is 167 Å². The molecule has 0 bridgehead atoms. The zero-order valence-corrected chi connectivity index (χ0v) is 16.5. The smallest absolute Gasteiger partial charge is 0.287 e. The number of anilines is 1. The molecule has 7 heteroatoms. The number of benzene rings is 2. The normalized spacial score (nSPS) is 10.5. The number of thioether (sulfide) groups is 1. The molecule has 2 aromatic carbocycles. The molecule has 28 heavy (non-hydrogen) atoms. The van der Waals surface area contributed by atoms with Gasteiger partial charge in [-0.3, -0.25) is 14.2 Å². The van der Waals surface area contributed by atoms with Crippen molar-refractivity contribution in [1.29, 1.82) is 0 Å². The van der Waals surface area contributed by atoms with Crippen LogP contribution < -0.4 is 15.6 Å². The minimum absolute atomic E-state index is 0.104. The van der Waals surface area contributed by atoms with E-state index in [2.05, 4.69) is 10.3 Å². The number of rotatable bonds is 7. The molecule has 1 N–H and O–H groups in total. The number of hydrogen-bond donors (Lipinski definition) is 1. The summed E-state index contributed by atoms with van der Waals surface area (Å²) in [6.07, 6.45) is 3.99. The lowest BCUT2D eigenvalue weighted by Crippen LogP contribution is -2.22. The molecule has 6 nitrogen and oxygen atoms in total. The van der Waals surface area contributed by atoms with Crippen LogP contribution in [-0.2, 0) is 11.2 Å². The summed E-state index contributed by atoms with van der Waals surface area (Å²) in [6.45, 7) is 2.04. The average Bonchev–Trinajstić information content (AvgIpc) is 2.73. The van der Waals surface area contributed by atoms with Crippen LogP contribution in [0, 0.1) is 0 Å². The molecule has 1 aromatic heterocycles. The van der Waals surface area contributed by atoms with Crippen molar-refractivity contribution < 1.29 is 9.53 Å². The number of amides is 1. The summed E-state index contributed by atoms with van der Waals surface area (Å²) in [5.41, 5.74) is 2.31. The largest absolute Gasteiger partial charge is 0.497 e. The number of hydrogen-bond acceptors (Lipinski definition) is 5. The van der Waals surface area contributed by atoms with Crippen LogP contribution in [-0.4, -0.2) is 28.3 Å². The number of ether oxygens (including phenoxy) is 1. The van der Waals surface area contributed by atoms with Crippen LogP contribution in [0.3, 0.4) is 0 Å². The van der Waals surface area contributed by atoms with Gasteiger partial charge in [0.15, 0.2) is 5.03 Å². The van der Waals surface area contributed by atoms with E-state index in [1.54, 1.807) is 43.8 Å². The summed E-state index contributed by atoms with van der Waals surface area (Å²) in [5.74, 6) is 0.642. The third-order valence-electron chi connectivity index (χ3n) is 4.17. The summed E-state index contributed by atoms with van der Waals surface area (Å²) in [4.78, 5) is 29.2. The molecule has 0 aliphatic rings. The van der Waals surface area contributed by atoms with Crippen LogP contribution in [0.5, 0.6) is 5.75 Å². The molecule has 3 aromatic rings. The van der Waals surface area contributed by atoms with Crippen molar-refractivity contribution in [2.45, 2.75) is 18.4 Å². The topological polar surface area (TPSA) is 73.2 Å². The van der Waals surface area contributed by atoms with Crippen LogP contribution in [0.4, 0.5) is 5.69 Å². The molecular weight excluding hydrogens is 374 g/mol. The predicted molar refractivity (Wildman–Crippen MR) is 112 cm³/mol. The fourth-order valence-electron chi connectivity index (χ4n) is 2.71. The first-order valence-electron chi connectivity index (χ1n) is 8.85. The number of nitrogens with one attached hydrogen (secondary N) is 1. The van der Waals surface area contributed by atoms with Gasteiger partial charge >= 0.3 is 0 Å². The van der Waals surface area contributed by atoms with Gasteiger partial charge in [-0.25, -0.2) is 4.98 Å². The number of aryl methyl sites for hydroxylation is 1. The standard InChI is InChI=1S/C21H21N3O3S/c1-3-15-6-4-5-7-18(15)23-19(25)14-28-20-21(26)24(13-12-22-20)16-8-10-17(27-2)11-9-16/h4-13H,3,14H2,1-2H3,(H,23,25). The molecule has 0 radical (unpaired) electrons. The Morgan fingerprint density at radius 3 is 2.64 bits per heavy atom. The first kappa shape index (κ1) is 19.7. The molecule has 3 rings (SSSR count). The predicted octanol–water partition coefficient (Wildman–Crippen LogP) is 3.53. The van der Waals surface area contributed by atoms with E-state index in [4.69, 9.17) is 4.74 Å². The summed E-state index contributed by atoms with van der Waals surface area (Å²) in [5, 5.41) is 3.18.